The van der Waals surface area contributed by atoms with Gasteiger partial charge in [-0.2, -0.15) is 0 Å². The number of carbonyl (C=O) groups is 2. The second kappa shape index (κ2) is 10.1. The molecular formula is C22H24ClN3O5S2. The summed E-state index contributed by atoms with van der Waals surface area (Å²) in [6.07, 6.45) is 3.52. The Morgan fingerprint density at radius 2 is 1.88 bits per heavy atom. The van der Waals surface area contributed by atoms with Crippen LogP contribution in [-0.2, 0) is 34.0 Å². The van der Waals surface area contributed by atoms with Crippen LogP contribution in [0.4, 0.5) is 5.13 Å². The molecule has 0 radical (unpaired) electrons. The minimum absolute atomic E-state index is 0.200. The van der Waals surface area contributed by atoms with Crippen molar-refractivity contribution in [1.82, 2.24) is 9.55 Å². The third-order valence-corrected chi connectivity index (χ3v) is 7.10. The average Bonchev–Trinajstić information content (AvgIpc) is 3.23. The normalized spacial score (nSPS) is 11.7. The molecule has 0 unspecified atom stereocenters. The highest BCUT2D eigenvalue weighted by atomic mass is 35.5. The summed E-state index contributed by atoms with van der Waals surface area (Å²) in [5.74, 6) is -1.07. The molecule has 33 heavy (non-hydrogen) atoms. The fraction of sp³-hybridized carbons (Fsp3) is 0.318. The lowest BCUT2D eigenvalue weighted by molar-refractivity contribution is -0.136. The highest BCUT2D eigenvalue weighted by Crippen LogP contribution is 2.29. The number of aliphatic carboxylic acids is 1. The van der Waals surface area contributed by atoms with Gasteiger partial charge in [0.15, 0.2) is 15.0 Å². The number of carboxylic acid groups (broad SMARTS) is 1. The van der Waals surface area contributed by atoms with Crippen LogP contribution in [0.3, 0.4) is 0 Å². The van der Waals surface area contributed by atoms with Crippen LogP contribution in [0.25, 0.3) is 0 Å². The maximum Gasteiger partial charge on any atom is 0.309 e. The van der Waals surface area contributed by atoms with E-state index in [9.17, 15) is 18.0 Å². The molecule has 0 spiro atoms. The summed E-state index contributed by atoms with van der Waals surface area (Å²) >= 11 is 7.06. The second-order valence-corrected chi connectivity index (χ2v) is 11.8. The van der Waals surface area contributed by atoms with Gasteiger partial charge in [-0.1, -0.05) is 48.9 Å². The zero-order chi connectivity index (χ0) is 24.3. The number of amides is 1. The minimum Gasteiger partial charge on any atom is -0.481 e. The number of benzene rings is 1. The summed E-state index contributed by atoms with van der Waals surface area (Å²) in [4.78, 5) is 28.3. The zero-order valence-corrected chi connectivity index (χ0v) is 20.7. The Bertz CT molecular complexity index is 1280. The highest BCUT2D eigenvalue weighted by Gasteiger charge is 2.19. The van der Waals surface area contributed by atoms with E-state index in [1.807, 2.05) is 12.3 Å². The number of thiazole rings is 1. The molecule has 0 aliphatic carbocycles. The van der Waals surface area contributed by atoms with Crippen LogP contribution >= 0.6 is 22.9 Å². The van der Waals surface area contributed by atoms with Crippen molar-refractivity contribution in [3.8, 4) is 0 Å². The summed E-state index contributed by atoms with van der Waals surface area (Å²) in [6, 6.07) is 8.35. The fourth-order valence-electron chi connectivity index (χ4n) is 3.31. The van der Waals surface area contributed by atoms with E-state index in [0.29, 0.717) is 18.2 Å². The first-order valence-electron chi connectivity index (χ1n) is 10.1. The molecule has 0 atom stereocenters. The lowest BCUT2D eigenvalue weighted by Crippen LogP contribution is -2.17. The zero-order valence-electron chi connectivity index (χ0n) is 18.3. The van der Waals surface area contributed by atoms with Gasteiger partial charge in [0.1, 0.15) is 10.0 Å². The fourth-order valence-corrected chi connectivity index (χ4v) is 4.98. The van der Waals surface area contributed by atoms with Crippen molar-refractivity contribution in [2.24, 2.45) is 5.92 Å². The third-order valence-electron chi connectivity index (χ3n) is 4.72. The lowest BCUT2D eigenvalue weighted by atomic mass is 10.1. The summed E-state index contributed by atoms with van der Waals surface area (Å²) < 4.78 is 25.4. The molecule has 11 heteroatoms. The Morgan fingerprint density at radius 3 is 2.45 bits per heavy atom. The van der Waals surface area contributed by atoms with E-state index in [1.165, 1.54) is 0 Å². The lowest BCUT2D eigenvalue weighted by Gasteiger charge is -2.09. The van der Waals surface area contributed by atoms with Gasteiger partial charge in [-0.25, -0.2) is 13.4 Å². The molecule has 0 aliphatic rings. The highest BCUT2D eigenvalue weighted by molar-refractivity contribution is 7.90. The van der Waals surface area contributed by atoms with Crippen LogP contribution in [0.2, 0.25) is 4.34 Å². The summed E-state index contributed by atoms with van der Waals surface area (Å²) in [5, 5.41) is 11.9. The Labute approximate surface area is 201 Å². The molecule has 8 nitrogen and oxygen atoms in total. The van der Waals surface area contributed by atoms with Crippen LogP contribution in [0.1, 0.15) is 41.2 Å². The van der Waals surface area contributed by atoms with E-state index in [1.54, 1.807) is 28.8 Å². The Morgan fingerprint density at radius 1 is 1.21 bits per heavy atom. The van der Waals surface area contributed by atoms with Gasteiger partial charge in [0.05, 0.1) is 17.0 Å². The third kappa shape index (κ3) is 6.66. The molecule has 0 saturated heterocycles. The summed E-state index contributed by atoms with van der Waals surface area (Å²) in [5.41, 5.74) is 2.44. The van der Waals surface area contributed by atoms with Gasteiger partial charge in [0.2, 0.25) is 0 Å². The van der Waals surface area contributed by atoms with Gasteiger partial charge >= 0.3 is 5.97 Å². The van der Waals surface area contributed by atoms with Crippen molar-refractivity contribution in [3.63, 3.8) is 0 Å². The van der Waals surface area contributed by atoms with Crippen molar-refractivity contribution in [2.75, 3.05) is 11.6 Å². The first-order valence-corrected chi connectivity index (χ1v) is 13.2. The largest absolute Gasteiger partial charge is 0.481 e. The van der Waals surface area contributed by atoms with Gasteiger partial charge in [-0.05, 0) is 41.7 Å². The number of rotatable bonds is 9. The summed E-state index contributed by atoms with van der Waals surface area (Å²) in [7, 11) is -3.29. The molecule has 3 aromatic rings. The SMILES string of the molecule is CC(C)Cc1cc(C(=O)Nc2nc(CC(=O)O)c(Cl)s2)n(Cc2ccc(S(C)(=O)=O)cc2)c1. The molecule has 176 valence electrons. The van der Waals surface area contributed by atoms with Gasteiger partial charge in [-0.15, -0.1) is 0 Å². The quantitative estimate of drug-likeness (QED) is 0.447. The van der Waals surface area contributed by atoms with E-state index < -0.39 is 21.7 Å². The molecule has 2 aromatic heterocycles. The van der Waals surface area contributed by atoms with Gasteiger partial charge in [0.25, 0.3) is 5.91 Å². The van der Waals surface area contributed by atoms with E-state index in [4.69, 9.17) is 16.7 Å². The maximum atomic E-state index is 13.0. The van der Waals surface area contributed by atoms with Crippen molar-refractivity contribution in [2.45, 2.75) is 38.1 Å². The standard InChI is InChI=1S/C22H24ClN3O5S2/c1-13(2)8-15-9-18(21(29)25-22-24-17(10-19(27)28)20(23)32-22)26(12-15)11-14-4-6-16(7-5-14)33(3,30)31/h4-7,9,12-13H,8,10-11H2,1-3H3,(H,27,28)(H,24,25,29). The number of carbonyl (C=O) groups excluding carboxylic acids is 1. The van der Waals surface area contributed by atoms with Gasteiger partial charge in [-0.3, -0.25) is 14.9 Å². The number of nitrogens with one attached hydrogen (secondary N) is 1. The van der Waals surface area contributed by atoms with Gasteiger partial charge < -0.3 is 9.67 Å². The first kappa shape index (κ1) is 24.9. The number of aromatic nitrogens is 2. The van der Waals surface area contributed by atoms with Crippen molar-refractivity contribution < 1.29 is 23.1 Å². The number of hydrogen-bond donors (Lipinski definition) is 2. The first-order chi connectivity index (χ1) is 15.4. The molecule has 0 saturated carbocycles. The van der Waals surface area contributed by atoms with Crippen molar-refractivity contribution in [3.05, 3.63) is 63.4 Å². The molecule has 0 fully saturated rings. The summed E-state index contributed by atoms with van der Waals surface area (Å²) in [6.45, 7) is 4.54. The predicted molar refractivity (Wildman–Crippen MR) is 128 cm³/mol. The number of hydrogen-bond acceptors (Lipinski definition) is 6. The predicted octanol–water partition coefficient (Wildman–Crippen LogP) is 4.13. The van der Waals surface area contributed by atoms with Crippen LogP contribution in [0.15, 0.2) is 41.4 Å². The molecule has 2 N–H and O–H groups in total. The topological polar surface area (TPSA) is 118 Å². The number of sulfone groups is 1. The molecule has 1 amide bonds. The number of halogens is 1. The van der Waals surface area contributed by atoms with E-state index in [2.05, 4.69) is 24.1 Å². The monoisotopic (exact) mass is 509 g/mol. The second-order valence-electron chi connectivity index (χ2n) is 8.14. The van der Waals surface area contributed by atoms with E-state index >= 15 is 0 Å². The average molecular weight is 510 g/mol. The van der Waals surface area contributed by atoms with Crippen LogP contribution in [0, 0.1) is 5.92 Å². The van der Waals surface area contributed by atoms with E-state index in [0.717, 1.165) is 35.1 Å². The minimum atomic E-state index is -3.29. The van der Waals surface area contributed by atoms with Crippen molar-refractivity contribution in [1.29, 1.82) is 0 Å². The Hall–Kier alpha value is -2.69. The molecule has 2 heterocycles. The molecule has 0 bridgehead atoms. The van der Waals surface area contributed by atoms with Crippen LogP contribution < -0.4 is 5.32 Å². The number of nitrogens with zero attached hydrogens (tertiary/aromatic N) is 2. The number of carboxylic acids is 1. The van der Waals surface area contributed by atoms with Crippen molar-refractivity contribution >= 4 is 49.8 Å². The smallest absolute Gasteiger partial charge is 0.309 e. The molecular weight excluding hydrogens is 486 g/mol. The molecule has 3 rings (SSSR count). The van der Waals surface area contributed by atoms with Crippen LogP contribution in [0.5, 0.6) is 0 Å². The molecule has 1 aromatic carbocycles. The Balaban J connectivity index is 1.86. The maximum absolute atomic E-state index is 13.0. The molecule has 0 aliphatic heterocycles. The van der Waals surface area contributed by atoms with Crippen LogP contribution in [-0.4, -0.2) is 41.2 Å². The van der Waals surface area contributed by atoms with E-state index in [-0.39, 0.29) is 26.5 Å². The Kier molecular flexibility index (Phi) is 7.61. The van der Waals surface area contributed by atoms with Gasteiger partial charge in [0, 0.05) is 19.0 Å². The number of anilines is 1.